The van der Waals surface area contributed by atoms with E-state index in [0.717, 1.165) is 24.0 Å². The van der Waals surface area contributed by atoms with Crippen LogP contribution in [0.25, 0.3) is 0 Å². The SMILES string of the molecule is C=CCCc1cc(C)ccc1F.CC. The molecule has 1 aromatic carbocycles. The molecule has 0 aliphatic heterocycles. The lowest BCUT2D eigenvalue weighted by molar-refractivity contribution is 0.609. The average Bonchev–Trinajstić information content (AvgIpc) is 2.22. The Morgan fingerprint density at radius 2 is 2.00 bits per heavy atom. The summed E-state index contributed by atoms with van der Waals surface area (Å²) < 4.78 is 13.1. The van der Waals surface area contributed by atoms with Gasteiger partial charge in [0.2, 0.25) is 0 Å². The van der Waals surface area contributed by atoms with Crippen molar-refractivity contribution in [1.29, 1.82) is 0 Å². The molecule has 0 N–H and O–H groups in total. The van der Waals surface area contributed by atoms with Gasteiger partial charge < -0.3 is 0 Å². The monoisotopic (exact) mass is 194 g/mol. The van der Waals surface area contributed by atoms with Crippen molar-refractivity contribution in [2.45, 2.75) is 33.6 Å². The van der Waals surface area contributed by atoms with Crippen LogP contribution < -0.4 is 0 Å². The summed E-state index contributed by atoms with van der Waals surface area (Å²) in [6.07, 6.45) is 3.39. The van der Waals surface area contributed by atoms with Crippen LogP contribution in [0.3, 0.4) is 0 Å². The van der Waals surface area contributed by atoms with Crippen LogP contribution in [-0.2, 0) is 6.42 Å². The number of allylic oxidation sites excluding steroid dienone is 1. The highest BCUT2D eigenvalue weighted by atomic mass is 19.1. The van der Waals surface area contributed by atoms with Gasteiger partial charge in [-0.3, -0.25) is 0 Å². The molecule has 0 unspecified atom stereocenters. The van der Waals surface area contributed by atoms with Crippen LogP contribution in [0.15, 0.2) is 30.9 Å². The van der Waals surface area contributed by atoms with Crippen molar-refractivity contribution in [3.63, 3.8) is 0 Å². The Labute approximate surface area is 86.5 Å². The van der Waals surface area contributed by atoms with E-state index in [-0.39, 0.29) is 5.82 Å². The smallest absolute Gasteiger partial charge is 0.126 e. The highest BCUT2D eigenvalue weighted by Crippen LogP contribution is 2.11. The van der Waals surface area contributed by atoms with Crippen molar-refractivity contribution in [3.8, 4) is 0 Å². The molecule has 0 fully saturated rings. The van der Waals surface area contributed by atoms with E-state index in [4.69, 9.17) is 0 Å². The molecule has 0 aliphatic carbocycles. The molecule has 0 bridgehead atoms. The third-order valence-electron chi connectivity index (χ3n) is 1.82. The molecule has 0 heterocycles. The molecule has 0 spiro atoms. The van der Waals surface area contributed by atoms with Crippen molar-refractivity contribution < 1.29 is 4.39 Å². The zero-order chi connectivity index (χ0) is 11.0. The normalized spacial score (nSPS) is 8.86. The average molecular weight is 194 g/mol. The maximum absolute atomic E-state index is 13.1. The molecule has 0 saturated heterocycles. The minimum absolute atomic E-state index is 0.109. The molecular formula is C13H19F. The Balaban J connectivity index is 0.000000791. The molecule has 1 heteroatoms. The highest BCUT2D eigenvalue weighted by Gasteiger charge is 1.99. The van der Waals surface area contributed by atoms with E-state index in [9.17, 15) is 4.39 Å². The zero-order valence-corrected chi connectivity index (χ0v) is 9.31. The molecule has 0 saturated carbocycles. The van der Waals surface area contributed by atoms with Crippen LogP contribution in [0.1, 0.15) is 31.4 Å². The summed E-state index contributed by atoms with van der Waals surface area (Å²) in [6, 6.07) is 5.19. The molecule has 0 aromatic heterocycles. The molecule has 78 valence electrons. The summed E-state index contributed by atoms with van der Waals surface area (Å²) >= 11 is 0. The van der Waals surface area contributed by atoms with E-state index in [1.807, 2.05) is 32.9 Å². The highest BCUT2D eigenvalue weighted by molar-refractivity contribution is 5.24. The van der Waals surface area contributed by atoms with Gasteiger partial charge in [-0.2, -0.15) is 0 Å². The van der Waals surface area contributed by atoms with Crippen LogP contribution in [-0.4, -0.2) is 0 Å². The molecule has 14 heavy (non-hydrogen) atoms. The lowest BCUT2D eigenvalue weighted by atomic mass is 10.1. The van der Waals surface area contributed by atoms with Crippen LogP contribution in [0.4, 0.5) is 4.39 Å². The third-order valence-corrected chi connectivity index (χ3v) is 1.82. The van der Waals surface area contributed by atoms with Crippen molar-refractivity contribution >= 4 is 0 Å². The Morgan fingerprint density at radius 1 is 1.36 bits per heavy atom. The Hall–Kier alpha value is -1.11. The second kappa shape index (κ2) is 7.31. The van der Waals surface area contributed by atoms with Crippen LogP contribution in [0, 0.1) is 12.7 Å². The van der Waals surface area contributed by atoms with Gasteiger partial charge in [-0.05, 0) is 31.4 Å². The van der Waals surface area contributed by atoms with E-state index in [1.165, 1.54) is 6.07 Å². The molecule has 0 radical (unpaired) electrons. The van der Waals surface area contributed by atoms with Crippen molar-refractivity contribution in [2.24, 2.45) is 0 Å². The van der Waals surface area contributed by atoms with Crippen molar-refractivity contribution in [2.75, 3.05) is 0 Å². The first-order valence-electron chi connectivity index (χ1n) is 5.10. The lowest BCUT2D eigenvalue weighted by Crippen LogP contribution is -1.90. The van der Waals surface area contributed by atoms with E-state index >= 15 is 0 Å². The molecule has 0 aliphatic rings. The maximum Gasteiger partial charge on any atom is 0.126 e. The standard InChI is InChI=1S/C11H13F.C2H6/c1-3-4-5-10-8-9(2)6-7-11(10)12;1-2/h3,6-8H,1,4-5H2,2H3;1-2H3. The molecule has 0 amide bonds. The topological polar surface area (TPSA) is 0 Å². The van der Waals surface area contributed by atoms with E-state index in [0.29, 0.717) is 0 Å². The first-order chi connectivity index (χ1) is 6.74. The summed E-state index contributed by atoms with van der Waals surface area (Å²) in [5.74, 6) is -0.109. The van der Waals surface area contributed by atoms with Gasteiger partial charge in [0.05, 0.1) is 0 Å². The molecule has 1 aromatic rings. The fourth-order valence-corrected chi connectivity index (χ4v) is 1.15. The van der Waals surface area contributed by atoms with Crippen LogP contribution in [0.2, 0.25) is 0 Å². The summed E-state index contributed by atoms with van der Waals surface area (Å²) in [4.78, 5) is 0. The Morgan fingerprint density at radius 3 is 2.57 bits per heavy atom. The quantitative estimate of drug-likeness (QED) is 0.630. The Bertz CT molecular complexity index is 277. The summed E-state index contributed by atoms with van der Waals surface area (Å²) in [5.41, 5.74) is 1.89. The van der Waals surface area contributed by atoms with E-state index in [2.05, 4.69) is 6.58 Å². The number of aryl methyl sites for hydroxylation is 2. The molecular weight excluding hydrogens is 175 g/mol. The number of rotatable bonds is 3. The maximum atomic E-state index is 13.1. The van der Waals surface area contributed by atoms with Gasteiger partial charge in [0.1, 0.15) is 5.82 Å². The predicted molar refractivity (Wildman–Crippen MR) is 61.0 cm³/mol. The summed E-state index contributed by atoms with van der Waals surface area (Å²) in [6.45, 7) is 9.57. The van der Waals surface area contributed by atoms with Gasteiger partial charge in [0, 0.05) is 0 Å². The first kappa shape index (κ1) is 12.9. The lowest BCUT2D eigenvalue weighted by Gasteiger charge is -2.01. The van der Waals surface area contributed by atoms with Crippen molar-refractivity contribution in [3.05, 3.63) is 47.8 Å². The molecule has 1 rings (SSSR count). The van der Waals surface area contributed by atoms with Gasteiger partial charge in [-0.1, -0.05) is 37.6 Å². The first-order valence-corrected chi connectivity index (χ1v) is 5.10. The van der Waals surface area contributed by atoms with Gasteiger partial charge in [-0.25, -0.2) is 4.39 Å². The third kappa shape index (κ3) is 4.22. The largest absolute Gasteiger partial charge is 0.207 e. The summed E-state index contributed by atoms with van der Waals surface area (Å²) in [7, 11) is 0. The molecule has 0 atom stereocenters. The van der Waals surface area contributed by atoms with Gasteiger partial charge in [0.15, 0.2) is 0 Å². The number of hydrogen-bond donors (Lipinski definition) is 0. The van der Waals surface area contributed by atoms with E-state index in [1.54, 1.807) is 6.07 Å². The minimum atomic E-state index is -0.109. The van der Waals surface area contributed by atoms with Crippen LogP contribution in [0.5, 0.6) is 0 Å². The van der Waals surface area contributed by atoms with E-state index < -0.39 is 0 Å². The minimum Gasteiger partial charge on any atom is -0.207 e. The molecule has 0 nitrogen and oxygen atoms in total. The number of halogens is 1. The van der Waals surface area contributed by atoms with Crippen LogP contribution >= 0.6 is 0 Å². The zero-order valence-electron chi connectivity index (χ0n) is 9.31. The van der Waals surface area contributed by atoms with Gasteiger partial charge in [-0.15, -0.1) is 6.58 Å². The fraction of sp³-hybridized carbons (Fsp3) is 0.385. The summed E-state index contributed by atoms with van der Waals surface area (Å²) in [5, 5.41) is 0. The second-order valence-corrected chi connectivity index (χ2v) is 2.92. The second-order valence-electron chi connectivity index (χ2n) is 2.92. The number of benzene rings is 1. The van der Waals surface area contributed by atoms with Gasteiger partial charge in [0.25, 0.3) is 0 Å². The van der Waals surface area contributed by atoms with Gasteiger partial charge >= 0.3 is 0 Å². The Kier molecular flexibility index (Phi) is 6.73. The predicted octanol–water partition coefficient (Wildman–Crippen LogP) is 4.28. The van der Waals surface area contributed by atoms with Crippen molar-refractivity contribution in [1.82, 2.24) is 0 Å². The fourth-order valence-electron chi connectivity index (χ4n) is 1.15. The number of hydrogen-bond acceptors (Lipinski definition) is 0.